The Kier molecular flexibility index (Phi) is 5.83. The highest BCUT2D eigenvalue weighted by atomic mass is 79.9. The van der Waals surface area contributed by atoms with Gasteiger partial charge >= 0.3 is 12.3 Å². The fraction of sp³-hybridized carbons (Fsp3) is 0.273. The molecule has 0 aliphatic carbocycles. The molecule has 0 spiro atoms. The molecule has 2 atom stereocenters. The molecule has 5 rings (SSSR count). The first kappa shape index (κ1) is 23.4. The average Bonchev–Trinajstić information content (AvgIpc) is 3.46. The predicted molar refractivity (Wildman–Crippen MR) is 121 cm³/mol. The molecule has 1 aliphatic rings. The lowest BCUT2D eigenvalue weighted by atomic mass is 10.0. The topological polar surface area (TPSA) is 95.7 Å². The van der Waals surface area contributed by atoms with Crippen molar-refractivity contribution in [1.82, 2.24) is 29.8 Å². The van der Waals surface area contributed by atoms with Crippen molar-refractivity contribution in [3.63, 3.8) is 0 Å². The van der Waals surface area contributed by atoms with Crippen LogP contribution in [0.4, 0.5) is 22.4 Å². The number of benzene rings is 1. The summed E-state index contributed by atoms with van der Waals surface area (Å²) in [6.45, 7) is 0.567. The van der Waals surface area contributed by atoms with E-state index in [-0.39, 0.29) is 34.5 Å². The average molecular weight is 553 g/mol. The molecule has 0 saturated carbocycles. The van der Waals surface area contributed by atoms with E-state index < -0.39 is 30.2 Å². The standard InChI is InChI=1S/C22H17BrF4N6O2/c23-14-8-17-11(7-15(14)24)1-3-16(29-17)20-31-30-18-4-2-12(10-32(18)20)19(22(25,26)27)33(21(34)35)13-5-6-28-9-13/h1-4,7-8,10,13,19,28H,5-6,9H2,(H,34,35)/t13-,19+/m0/s1. The second-order valence-corrected chi connectivity index (χ2v) is 9.00. The highest BCUT2D eigenvalue weighted by molar-refractivity contribution is 9.10. The molecular formula is C22H17BrF4N6O2. The Hall–Kier alpha value is -3.32. The number of nitrogens with one attached hydrogen (secondary N) is 1. The molecule has 4 heterocycles. The van der Waals surface area contributed by atoms with Crippen molar-refractivity contribution in [2.75, 3.05) is 13.1 Å². The largest absolute Gasteiger partial charge is 0.465 e. The van der Waals surface area contributed by atoms with Gasteiger partial charge in [-0.2, -0.15) is 13.2 Å². The summed E-state index contributed by atoms with van der Waals surface area (Å²) < 4.78 is 58.1. The predicted octanol–water partition coefficient (Wildman–Crippen LogP) is 4.79. The van der Waals surface area contributed by atoms with Crippen LogP contribution in [0.15, 0.2) is 47.1 Å². The zero-order valence-corrected chi connectivity index (χ0v) is 19.4. The van der Waals surface area contributed by atoms with E-state index in [9.17, 15) is 27.5 Å². The Labute approximate surface area is 203 Å². The van der Waals surface area contributed by atoms with Crippen LogP contribution >= 0.6 is 15.9 Å². The Morgan fingerprint density at radius 1 is 1.23 bits per heavy atom. The molecule has 0 radical (unpaired) electrons. The summed E-state index contributed by atoms with van der Waals surface area (Å²) in [7, 11) is 0. The Morgan fingerprint density at radius 2 is 2.03 bits per heavy atom. The number of carboxylic acid groups (broad SMARTS) is 1. The Bertz CT molecular complexity index is 1440. The van der Waals surface area contributed by atoms with Crippen LogP contribution in [0.1, 0.15) is 18.0 Å². The molecule has 1 aromatic carbocycles. The molecule has 2 N–H and O–H groups in total. The van der Waals surface area contributed by atoms with Crippen LogP contribution in [0.2, 0.25) is 0 Å². The minimum Gasteiger partial charge on any atom is -0.465 e. The lowest BCUT2D eigenvalue weighted by Gasteiger charge is -2.35. The number of amides is 1. The molecular weight excluding hydrogens is 536 g/mol. The molecule has 1 fully saturated rings. The third-order valence-electron chi connectivity index (χ3n) is 5.94. The summed E-state index contributed by atoms with van der Waals surface area (Å²) in [5.74, 6) is -0.294. The number of hydrogen-bond acceptors (Lipinski definition) is 5. The number of halogens is 5. The van der Waals surface area contributed by atoms with Crippen molar-refractivity contribution in [3.8, 4) is 11.5 Å². The SMILES string of the molecule is O=C(O)N([C@H]1CCNC1)[C@H](c1ccc2nnc(-c3ccc4cc(F)c(Br)cc4n3)n2c1)C(F)(F)F. The second kappa shape index (κ2) is 8.72. The summed E-state index contributed by atoms with van der Waals surface area (Å²) in [6.07, 6.45) is -5.05. The molecule has 182 valence electrons. The van der Waals surface area contributed by atoms with Crippen LogP contribution in [-0.2, 0) is 0 Å². The molecule has 35 heavy (non-hydrogen) atoms. The quantitative estimate of drug-likeness (QED) is 0.353. The first-order valence-electron chi connectivity index (χ1n) is 10.5. The van der Waals surface area contributed by atoms with Gasteiger partial charge in [0, 0.05) is 29.7 Å². The number of fused-ring (bicyclic) bond motifs is 2. The van der Waals surface area contributed by atoms with Gasteiger partial charge in [0.25, 0.3) is 0 Å². The third kappa shape index (κ3) is 4.29. The maximum Gasteiger partial charge on any atom is 0.413 e. The molecule has 3 aromatic heterocycles. The highest BCUT2D eigenvalue weighted by Crippen LogP contribution is 2.40. The van der Waals surface area contributed by atoms with Gasteiger partial charge in [-0.3, -0.25) is 9.30 Å². The van der Waals surface area contributed by atoms with Gasteiger partial charge in [-0.15, -0.1) is 10.2 Å². The molecule has 1 aliphatic heterocycles. The van der Waals surface area contributed by atoms with Crippen LogP contribution in [-0.4, -0.2) is 61.0 Å². The van der Waals surface area contributed by atoms with Gasteiger partial charge in [0.15, 0.2) is 17.5 Å². The van der Waals surface area contributed by atoms with E-state index in [2.05, 4.69) is 36.4 Å². The van der Waals surface area contributed by atoms with Crippen LogP contribution in [0.25, 0.3) is 28.1 Å². The summed E-state index contributed by atoms with van der Waals surface area (Å²) in [5.41, 5.74) is 0.740. The van der Waals surface area contributed by atoms with Crippen LogP contribution in [0.3, 0.4) is 0 Å². The second-order valence-electron chi connectivity index (χ2n) is 8.15. The summed E-state index contributed by atoms with van der Waals surface area (Å²) >= 11 is 3.11. The molecule has 0 bridgehead atoms. The van der Waals surface area contributed by atoms with Gasteiger partial charge in [-0.1, -0.05) is 12.1 Å². The van der Waals surface area contributed by atoms with Gasteiger partial charge in [0.05, 0.1) is 9.99 Å². The maximum atomic E-state index is 14.3. The number of rotatable bonds is 4. The maximum absolute atomic E-state index is 14.3. The highest BCUT2D eigenvalue weighted by Gasteiger charge is 2.49. The van der Waals surface area contributed by atoms with E-state index in [4.69, 9.17) is 0 Å². The van der Waals surface area contributed by atoms with Gasteiger partial charge in [-0.25, -0.2) is 14.2 Å². The monoisotopic (exact) mass is 552 g/mol. The Balaban J connectivity index is 1.63. The first-order chi connectivity index (χ1) is 16.6. The van der Waals surface area contributed by atoms with E-state index in [1.165, 1.54) is 34.9 Å². The zero-order valence-electron chi connectivity index (χ0n) is 17.8. The van der Waals surface area contributed by atoms with E-state index in [0.29, 0.717) is 28.0 Å². The van der Waals surface area contributed by atoms with E-state index in [1.54, 1.807) is 12.1 Å². The summed E-state index contributed by atoms with van der Waals surface area (Å²) in [5, 5.41) is 21.2. The molecule has 1 amide bonds. The fourth-order valence-corrected chi connectivity index (χ4v) is 4.68. The lowest BCUT2D eigenvalue weighted by Crippen LogP contribution is -2.48. The van der Waals surface area contributed by atoms with Crippen molar-refractivity contribution >= 4 is 38.6 Å². The zero-order chi connectivity index (χ0) is 24.9. The van der Waals surface area contributed by atoms with E-state index in [1.807, 2.05) is 0 Å². The van der Waals surface area contributed by atoms with Crippen molar-refractivity contribution in [2.45, 2.75) is 24.7 Å². The molecule has 0 unspecified atom stereocenters. The van der Waals surface area contributed by atoms with E-state index in [0.717, 1.165) is 0 Å². The number of carbonyl (C=O) groups is 1. The molecule has 1 saturated heterocycles. The summed E-state index contributed by atoms with van der Waals surface area (Å²) in [4.78, 5) is 16.9. The minimum atomic E-state index is -4.86. The van der Waals surface area contributed by atoms with Crippen LogP contribution in [0, 0.1) is 5.82 Å². The minimum absolute atomic E-state index is 0.135. The fourth-order valence-electron chi connectivity index (χ4n) is 4.35. The normalized spacial score (nSPS) is 17.2. The smallest absolute Gasteiger partial charge is 0.413 e. The van der Waals surface area contributed by atoms with Crippen molar-refractivity contribution in [3.05, 3.63) is 58.4 Å². The van der Waals surface area contributed by atoms with E-state index >= 15 is 0 Å². The van der Waals surface area contributed by atoms with Crippen LogP contribution < -0.4 is 5.32 Å². The van der Waals surface area contributed by atoms with Gasteiger partial charge in [0.2, 0.25) is 0 Å². The number of alkyl halides is 3. The molecule has 4 aromatic rings. The van der Waals surface area contributed by atoms with Crippen molar-refractivity contribution < 1.29 is 27.5 Å². The Morgan fingerprint density at radius 3 is 2.71 bits per heavy atom. The first-order valence-corrected chi connectivity index (χ1v) is 11.3. The van der Waals surface area contributed by atoms with Gasteiger partial charge in [-0.05, 0) is 53.2 Å². The van der Waals surface area contributed by atoms with Crippen molar-refractivity contribution in [2.24, 2.45) is 0 Å². The number of hydrogen-bond donors (Lipinski definition) is 2. The number of aromatic nitrogens is 4. The third-order valence-corrected chi connectivity index (χ3v) is 6.55. The van der Waals surface area contributed by atoms with Gasteiger partial charge in [0.1, 0.15) is 11.5 Å². The van der Waals surface area contributed by atoms with Crippen molar-refractivity contribution in [1.29, 1.82) is 0 Å². The number of nitrogens with zero attached hydrogens (tertiary/aromatic N) is 5. The number of pyridine rings is 2. The van der Waals surface area contributed by atoms with Crippen LogP contribution in [0.5, 0.6) is 0 Å². The van der Waals surface area contributed by atoms with Gasteiger partial charge < -0.3 is 10.4 Å². The molecule has 8 nitrogen and oxygen atoms in total. The summed E-state index contributed by atoms with van der Waals surface area (Å²) in [6, 6.07) is 5.33. The lowest BCUT2D eigenvalue weighted by molar-refractivity contribution is -0.185. The molecule has 13 heteroatoms.